The molecule has 0 aromatic heterocycles. The maximum absolute atomic E-state index is 9.99. The quantitative estimate of drug-likeness (QED) is 0.0677. The lowest BCUT2D eigenvalue weighted by atomic mass is 9.53. The molecule has 0 saturated heterocycles. The van der Waals surface area contributed by atoms with Gasteiger partial charge in [0.25, 0.3) is 0 Å². The van der Waals surface area contributed by atoms with E-state index in [2.05, 4.69) is 74.5 Å². The maximum Gasteiger partial charge on any atom is 0.115 e. The Bertz CT molecular complexity index is 2640. The fourth-order valence-electron chi connectivity index (χ4n) is 12.5. The number of aromatic hydroxyl groups is 7. The van der Waals surface area contributed by atoms with E-state index in [-0.39, 0.29) is 56.5 Å². The van der Waals surface area contributed by atoms with Crippen LogP contribution < -0.4 is 0 Å². The van der Waals surface area contributed by atoms with E-state index in [1.54, 1.807) is 84.9 Å². The first kappa shape index (κ1) is 48.4. The largest absolute Gasteiger partial charge is 0.508 e. The van der Waals surface area contributed by atoms with E-state index in [0.717, 1.165) is 73.6 Å². The minimum absolute atomic E-state index is 0.132. The Labute approximate surface area is 417 Å². The lowest BCUT2D eigenvalue weighted by molar-refractivity contribution is 0.0364. The molecular formula is C64H64O7. The molecule has 8 aromatic carbocycles. The molecule has 0 radical (unpaired) electrons. The molecule has 7 heteroatoms. The van der Waals surface area contributed by atoms with Crippen LogP contribution in [0, 0.1) is 17.3 Å². The second-order valence-corrected chi connectivity index (χ2v) is 20.5. The van der Waals surface area contributed by atoms with Gasteiger partial charge in [0.2, 0.25) is 0 Å². The highest BCUT2D eigenvalue weighted by molar-refractivity contribution is 5.61. The fourth-order valence-corrected chi connectivity index (χ4v) is 12.5. The summed E-state index contributed by atoms with van der Waals surface area (Å²) in [5.74, 6) is 2.94. The fraction of sp³-hybridized carbons (Fsp3) is 0.250. The predicted octanol–water partition coefficient (Wildman–Crippen LogP) is 14.4. The van der Waals surface area contributed by atoms with Crippen molar-refractivity contribution in [2.75, 3.05) is 0 Å². The second-order valence-electron chi connectivity index (χ2n) is 20.5. The molecule has 7 nitrogen and oxygen atoms in total. The van der Waals surface area contributed by atoms with E-state index in [0.29, 0.717) is 11.8 Å². The third-order valence-corrected chi connectivity index (χ3v) is 16.6. The highest BCUT2D eigenvalue weighted by Gasteiger charge is 2.48. The van der Waals surface area contributed by atoms with Gasteiger partial charge in [-0.2, -0.15) is 0 Å². The molecule has 0 aliphatic heterocycles. The van der Waals surface area contributed by atoms with Gasteiger partial charge in [0, 0.05) is 10.8 Å². The van der Waals surface area contributed by atoms with E-state index in [1.165, 1.54) is 22.3 Å². The van der Waals surface area contributed by atoms with Gasteiger partial charge in [-0.25, -0.2) is 0 Å². The molecule has 71 heavy (non-hydrogen) atoms. The van der Waals surface area contributed by atoms with Crippen molar-refractivity contribution < 1.29 is 35.7 Å². The van der Waals surface area contributed by atoms with Crippen molar-refractivity contribution in [1.29, 1.82) is 0 Å². The molecule has 0 spiro atoms. The molecule has 7 N–H and O–H groups in total. The van der Waals surface area contributed by atoms with Crippen molar-refractivity contribution in [3.05, 3.63) is 245 Å². The smallest absolute Gasteiger partial charge is 0.115 e. The summed E-state index contributed by atoms with van der Waals surface area (Å²) in [6.45, 7) is 4.98. The molecule has 0 unspecified atom stereocenters. The van der Waals surface area contributed by atoms with Crippen molar-refractivity contribution >= 4 is 0 Å². The van der Waals surface area contributed by atoms with Gasteiger partial charge in [0.15, 0.2) is 0 Å². The van der Waals surface area contributed by atoms with E-state index >= 15 is 0 Å². The van der Waals surface area contributed by atoms with E-state index < -0.39 is 5.41 Å². The summed E-state index contributed by atoms with van der Waals surface area (Å²) >= 11 is 0. The van der Waals surface area contributed by atoms with Crippen LogP contribution in [0.25, 0.3) is 0 Å². The van der Waals surface area contributed by atoms with E-state index in [4.69, 9.17) is 0 Å². The molecule has 0 amide bonds. The van der Waals surface area contributed by atoms with Gasteiger partial charge >= 0.3 is 0 Å². The molecule has 362 valence electrons. The summed E-state index contributed by atoms with van der Waals surface area (Å²) in [6, 6.07) is 62.5. The SMILES string of the molecule is CC(C)(C1CCC(c2ccc(O)cc2)(c2ccc(O)cc2)CC1)C1CCC(c2ccc(O)cc2)(c2ccc(O)cc2)CC1.Oc1ccc(C(c2ccccc2)(c2ccc(O)cc2)c2ccc(O)cc2)cc1. The molecule has 0 atom stereocenters. The van der Waals surface area contributed by atoms with Crippen molar-refractivity contribution in [2.24, 2.45) is 17.3 Å². The molecule has 2 fully saturated rings. The first-order chi connectivity index (χ1) is 34.2. The average Bonchev–Trinajstić information content (AvgIpc) is 3.39. The van der Waals surface area contributed by atoms with Gasteiger partial charge in [-0.15, -0.1) is 0 Å². The van der Waals surface area contributed by atoms with Crippen molar-refractivity contribution in [2.45, 2.75) is 81.5 Å². The van der Waals surface area contributed by atoms with Gasteiger partial charge in [0.1, 0.15) is 40.2 Å². The lowest BCUT2D eigenvalue weighted by Crippen LogP contribution is -2.43. The van der Waals surface area contributed by atoms with Crippen molar-refractivity contribution in [3.8, 4) is 40.2 Å². The maximum atomic E-state index is 9.99. The predicted molar refractivity (Wildman–Crippen MR) is 281 cm³/mol. The Morgan fingerprint density at radius 2 is 0.507 bits per heavy atom. The Balaban J connectivity index is 0.000000192. The summed E-state index contributed by atoms with van der Waals surface area (Å²) < 4.78 is 0. The van der Waals surface area contributed by atoms with Crippen LogP contribution in [0.1, 0.15) is 110 Å². The molecule has 2 aliphatic carbocycles. The van der Waals surface area contributed by atoms with Crippen LogP contribution in [0.2, 0.25) is 0 Å². The molecular weight excluding hydrogens is 881 g/mol. The summed E-state index contributed by atoms with van der Waals surface area (Å²) in [4.78, 5) is 0. The van der Waals surface area contributed by atoms with Crippen LogP contribution in [-0.4, -0.2) is 35.7 Å². The summed E-state index contributed by atoms with van der Waals surface area (Å²) in [5, 5.41) is 69.5. The van der Waals surface area contributed by atoms with Crippen LogP contribution in [-0.2, 0) is 16.2 Å². The van der Waals surface area contributed by atoms with E-state index in [9.17, 15) is 35.7 Å². The number of hydrogen-bond donors (Lipinski definition) is 7. The van der Waals surface area contributed by atoms with Crippen LogP contribution in [0.5, 0.6) is 40.2 Å². The van der Waals surface area contributed by atoms with Crippen LogP contribution in [0.15, 0.2) is 200 Å². The zero-order valence-electron chi connectivity index (χ0n) is 40.5. The number of hydrogen-bond acceptors (Lipinski definition) is 7. The molecule has 2 saturated carbocycles. The highest BCUT2D eigenvalue weighted by Crippen LogP contribution is 2.57. The van der Waals surface area contributed by atoms with Crippen molar-refractivity contribution in [3.63, 3.8) is 0 Å². The Morgan fingerprint density at radius 3 is 0.746 bits per heavy atom. The third kappa shape index (κ3) is 9.54. The first-order valence-electron chi connectivity index (χ1n) is 24.9. The van der Waals surface area contributed by atoms with Crippen LogP contribution in [0.4, 0.5) is 0 Å². The zero-order valence-corrected chi connectivity index (χ0v) is 40.5. The Hall–Kier alpha value is -7.64. The minimum Gasteiger partial charge on any atom is -0.508 e. The topological polar surface area (TPSA) is 142 Å². The molecule has 2 aliphatic rings. The summed E-state index contributed by atoms with van der Waals surface area (Å²) in [6.07, 6.45) is 8.67. The first-order valence-corrected chi connectivity index (χ1v) is 24.9. The molecule has 0 heterocycles. The number of rotatable bonds is 10. The second kappa shape index (κ2) is 20.0. The normalized spacial score (nSPS) is 16.1. The average molecular weight is 945 g/mol. The van der Waals surface area contributed by atoms with Gasteiger partial charge in [-0.1, -0.05) is 129 Å². The highest BCUT2D eigenvalue weighted by atomic mass is 16.3. The van der Waals surface area contributed by atoms with Crippen LogP contribution >= 0.6 is 0 Å². The summed E-state index contributed by atoms with van der Waals surface area (Å²) in [5.41, 5.74) is 8.11. The number of phenolic OH excluding ortho intramolecular Hbond substituents is 7. The lowest BCUT2D eigenvalue weighted by Gasteiger charge is -2.51. The molecule has 0 bridgehead atoms. The van der Waals surface area contributed by atoms with Crippen LogP contribution in [0.3, 0.4) is 0 Å². The Morgan fingerprint density at radius 1 is 0.296 bits per heavy atom. The molecule has 10 rings (SSSR count). The number of phenols is 7. The van der Waals surface area contributed by atoms with Gasteiger partial charge in [-0.3, -0.25) is 0 Å². The zero-order chi connectivity index (χ0) is 49.8. The minimum atomic E-state index is -0.684. The standard InChI is InChI=1S/C39H44O4.C25H20O3/c1-37(2,27-19-23-38(24-20-27,29-3-11-33(40)12-4-29)30-5-13-34(41)14-6-30)28-21-25-39(26-22-28,31-7-15-35(42)16-8-31)32-9-17-36(43)18-10-32;26-22-12-6-19(7-13-22)25(18-4-2-1-3-5-18,20-8-14-23(27)15-9-20)21-10-16-24(28)17-11-21/h3-18,27-28,40-43H,19-26H2,1-2H3;1-17,26-28H. The van der Waals surface area contributed by atoms with E-state index in [1.807, 2.05) is 54.6 Å². The Kier molecular flexibility index (Phi) is 13.6. The monoisotopic (exact) mass is 944 g/mol. The van der Waals surface area contributed by atoms with Gasteiger partial charge < -0.3 is 35.7 Å². The number of benzene rings is 8. The van der Waals surface area contributed by atoms with Crippen molar-refractivity contribution in [1.82, 2.24) is 0 Å². The summed E-state index contributed by atoms with van der Waals surface area (Å²) in [7, 11) is 0. The molecule has 8 aromatic rings. The van der Waals surface area contributed by atoms with Gasteiger partial charge in [-0.05, 0) is 198 Å². The third-order valence-electron chi connectivity index (χ3n) is 16.6. The van der Waals surface area contributed by atoms with Gasteiger partial charge in [0.05, 0.1) is 5.41 Å².